The predicted molar refractivity (Wildman–Crippen MR) is 46.9 cm³/mol. The summed E-state index contributed by atoms with van der Waals surface area (Å²) in [5.41, 5.74) is 0.988. The van der Waals surface area contributed by atoms with E-state index < -0.39 is 0 Å². The van der Waals surface area contributed by atoms with Crippen LogP contribution in [0.5, 0.6) is 0 Å². The van der Waals surface area contributed by atoms with Gasteiger partial charge in [-0.2, -0.15) is 11.8 Å². The average Bonchev–Trinajstić information content (AvgIpc) is 2.75. The van der Waals surface area contributed by atoms with Crippen LogP contribution in [0.2, 0.25) is 0 Å². The molecule has 0 aromatic carbocycles. The monoisotopic (exact) mass is 185 g/mol. The van der Waals surface area contributed by atoms with Crippen molar-refractivity contribution in [3.05, 3.63) is 17.8 Å². The Bertz CT molecular complexity index is 255. The Balaban J connectivity index is 2.11. The van der Waals surface area contributed by atoms with Gasteiger partial charge in [-0.05, 0) is 18.6 Å². The average molecular weight is 185 g/mol. The molecule has 1 aromatic heterocycles. The van der Waals surface area contributed by atoms with Crippen molar-refractivity contribution in [3.63, 3.8) is 0 Å². The van der Waals surface area contributed by atoms with Gasteiger partial charge in [0.1, 0.15) is 12.9 Å². The number of hydrogen-bond donors (Lipinski definition) is 1. The van der Waals surface area contributed by atoms with E-state index in [4.69, 9.17) is 9.52 Å². The molecule has 0 radical (unpaired) electrons. The molecule has 1 saturated heterocycles. The van der Waals surface area contributed by atoms with Crippen molar-refractivity contribution in [3.8, 4) is 0 Å². The van der Waals surface area contributed by atoms with E-state index >= 15 is 0 Å². The quantitative estimate of drug-likeness (QED) is 0.762. The van der Waals surface area contributed by atoms with Crippen LogP contribution >= 0.6 is 11.8 Å². The van der Waals surface area contributed by atoms with Crippen LogP contribution in [-0.2, 0) is 6.61 Å². The van der Waals surface area contributed by atoms with Gasteiger partial charge >= 0.3 is 0 Å². The maximum absolute atomic E-state index is 8.73. The summed E-state index contributed by atoms with van der Waals surface area (Å²) in [6, 6.07) is 0. The lowest BCUT2D eigenvalue weighted by atomic mass is 10.2. The van der Waals surface area contributed by atoms with Crippen LogP contribution in [0.25, 0.3) is 0 Å². The minimum Gasteiger partial charge on any atom is -0.446 e. The van der Waals surface area contributed by atoms with E-state index in [1.165, 1.54) is 18.6 Å². The summed E-state index contributed by atoms with van der Waals surface area (Å²) in [4.78, 5) is 4.17. The molecule has 0 amide bonds. The highest BCUT2D eigenvalue weighted by atomic mass is 32.2. The van der Waals surface area contributed by atoms with Gasteiger partial charge in [0.25, 0.3) is 0 Å². The number of aliphatic hydroxyl groups is 1. The lowest BCUT2D eigenvalue weighted by Gasteiger charge is -2.00. The molecule has 0 saturated carbocycles. The lowest BCUT2D eigenvalue weighted by Crippen LogP contribution is -1.89. The summed E-state index contributed by atoms with van der Waals surface area (Å²) in [6.07, 6.45) is 4.10. The zero-order valence-electron chi connectivity index (χ0n) is 6.69. The largest absolute Gasteiger partial charge is 0.446 e. The first-order chi connectivity index (χ1) is 5.90. The number of rotatable bonds is 2. The highest BCUT2D eigenvalue weighted by molar-refractivity contribution is 7.99. The number of oxazole rings is 1. The predicted octanol–water partition coefficient (Wildman–Crippen LogP) is 1.74. The van der Waals surface area contributed by atoms with Crippen molar-refractivity contribution in [1.29, 1.82) is 0 Å². The van der Waals surface area contributed by atoms with Crippen LogP contribution in [0.4, 0.5) is 0 Å². The first-order valence-corrected chi connectivity index (χ1v) is 5.12. The number of thioether (sulfide) groups is 1. The molecule has 4 heteroatoms. The summed E-state index contributed by atoms with van der Waals surface area (Å²) >= 11 is 1.92. The van der Waals surface area contributed by atoms with E-state index in [-0.39, 0.29) is 6.61 Å². The van der Waals surface area contributed by atoms with E-state index in [2.05, 4.69) is 4.98 Å². The second-order valence-electron chi connectivity index (χ2n) is 2.83. The van der Waals surface area contributed by atoms with Crippen molar-refractivity contribution >= 4 is 11.8 Å². The maximum Gasteiger partial charge on any atom is 0.219 e. The molecule has 1 unspecified atom stereocenters. The fourth-order valence-electron chi connectivity index (χ4n) is 1.36. The third-order valence-electron chi connectivity index (χ3n) is 1.96. The first-order valence-electron chi connectivity index (χ1n) is 4.07. The minimum absolute atomic E-state index is 0.0998. The van der Waals surface area contributed by atoms with E-state index in [0.717, 1.165) is 5.69 Å². The molecule has 3 nitrogen and oxygen atoms in total. The summed E-state index contributed by atoms with van der Waals surface area (Å²) < 4.78 is 5.05. The van der Waals surface area contributed by atoms with E-state index in [0.29, 0.717) is 11.1 Å². The molecule has 1 N–H and O–H groups in total. The standard InChI is InChI=1S/C8H11NO2S/c10-4-8-9-6(5-11-8)7-2-1-3-12-7/h5,7,10H,1-4H2. The molecule has 0 bridgehead atoms. The summed E-state index contributed by atoms with van der Waals surface area (Å²) in [6.45, 7) is -0.0998. The Hall–Kier alpha value is -0.480. The normalized spacial score (nSPS) is 23.2. The second-order valence-corrected chi connectivity index (χ2v) is 4.14. The molecule has 1 aliphatic rings. The van der Waals surface area contributed by atoms with Gasteiger partial charge in [-0.25, -0.2) is 4.98 Å². The second kappa shape index (κ2) is 3.49. The van der Waals surface area contributed by atoms with Crippen molar-refractivity contribution in [2.75, 3.05) is 5.75 Å². The summed E-state index contributed by atoms with van der Waals surface area (Å²) in [7, 11) is 0. The van der Waals surface area contributed by atoms with Gasteiger partial charge < -0.3 is 9.52 Å². The Morgan fingerprint density at radius 2 is 2.67 bits per heavy atom. The van der Waals surface area contributed by atoms with Crippen molar-refractivity contribution in [2.45, 2.75) is 24.7 Å². The molecule has 0 spiro atoms. The fourth-order valence-corrected chi connectivity index (χ4v) is 2.59. The maximum atomic E-state index is 8.73. The van der Waals surface area contributed by atoms with Crippen LogP contribution in [0.1, 0.15) is 29.7 Å². The molecule has 12 heavy (non-hydrogen) atoms. The molecule has 2 rings (SSSR count). The molecule has 1 atom stereocenters. The van der Waals surface area contributed by atoms with Crippen LogP contribution in [0.15, 0.2) is 10.7 Å². The highest BCUT2D eigenvalue weighted by Gasteiger charge is 2.20. The molecule has 2 heterocycles. The van der Waals surface area contributed by atoms with Crippen LogP contribution in [0, 0.1) is 0 Å². The van der Waals surface area contributed by atoms with E-state index in [1.54, 1.807) is 6.26 Å². The topological polar surface area (TPSA) is 46.3 Å². The van der Waals surface area contributed by atoms with E-state index in [1.807, 2.05) is 11.8 Å². The summed E-state index contributed by atoms with van der Waals surface area (Å²) in [5, 5.41) is 9.23. The van der Waals surface area contributed by atoms with Crippen LogP contribution in [-0.4, -0.2) is 15.8 Å². The number of aliphatic hydroxyl groups excluding tert-OH is 1. The van der Waals surface area contributed by atoms with Gasteiger partial charge in [0.05, 0.1) is 10.9 Å². The van der Waals surface area contributed by atoms with Gasteiger partial charge in [-0.1, -0.05) is 0 Å². The Labute approximate surface area is 75.2 Å². The first kappa shape index (κ1) is 8.13. The number of nitrogens with zero attached hydrogens (tertiary/aromatic N) is 1. The Morgan fingerprint density at radius 3 is 3.25 bits per heavy atom. The smallest absolute Gasteiger partial charge is 0.219 e. The fraction of sp³-hybridized carbons (Fsp3) is 0.625. The Kier molecular flexibility index (Phi) is 2.37. The molecular formula is C8H11NO2S. The molecule has 66 valence electrons. The van der Waals surface area contributed by atoms with Crippen LogP contribution in [0.3, 0.4) is 0 Å². The van der Waals surface area contributed by atoms with Crippen molar-refractivity contribution in [1.82, 2.24) is 4.98 Å². The minimum atomic E-state index is -0.0998. The van der Waals surface area contributed by atoms with Gasteiger partial charge in [0.2, 0.25) is 5.89 Å². The Morgan fingerprint density at radius 1 is 1.75 bits per heavy atom. The SMILES string of the molecule is OCc1nc(C2CCCS2)co1. The van der Waals surface area contributed by atoms with Gasteiger partial charge in [-0.15, -0.1) is 0 Å². The third kappa shape index (κ3) is 1.49. The summed E-state index contributed by atoms with van der Waals surface area (Å²) in [5.74, 6) is 1.64. The van der Waals surface area contributed by atoms with Crippen molar-refractivity contribution < 1.29 is 9.52 Å². The highest BCUT2D eigenvalue weighted by Crippen LogP contribution is 2.39. The molecule has 1 aliphatic heterocycles. The number of hydrogen-bond acceptors (Lipinski definition) is 4. The molecule has 1 aromatic rings. The van der Waals surface area contributed by atoms with E-state index in [9.17, 15) is 0 Å². The third-order valence-corrected chi connectivity index (χ3v) is 3.37. The molecule has 0 aliphatic carbocycles. The molecular weight excluding hydrogens is 174 g/mol. The van der Waals surface area contributed by atoms with Gasteiger partial charge in [-0.3, -0.25) is 0 Å². The zero-order valence-corrected chi connectivity index (χ0v) is 7.51. The van der Waals surface area contributed by atoms with Crippen LogP contribution < -0.4 is 0 Å². The number of aromatic nitrogens is 1. The van der Waals surface area contributed by atoms with Gasteiger partial charge in [0.15, 0.2) is 0 Å². The van der Waals surface area contributed by atoms with Crippen molar-refractivity contribution in [2.24, 2.45) is 0 Å². The lowest BCUT2D eigenvalue weighted by molar-refractivity contribution is 0.240. The molecule has 1 fully saturated rings. The van der Waals surface area contributed by atoms with Gasteiger partial charge in [0, 0.05) is 0 Å². The zero-order chi connectivity index (χ0) is 8.39.